The average molecular weight is 281 g/mol. The topological polar surface area (TPSA) is 21.3 Å². The van der Waals surface area contributed by atoms with Gasteiger partial charge in [-0.15, -0.1) is 0 Å². The van der Waals surface area contributed by atoms with Crippen molar-refractivity contribution in [1.82, 2.24) is 5.32 Å². The van der Waals surface area contributed by atoms with E-state index in [0.29, 0.717) is 0 Å². The summed E-state index contributed by atoms with van der Waals surface area (Å²) in [5.41, 5.74) is 2.66. The van der Waals surface area contributed by atoms with E-state index in [4.69, 9.17) is 4.74 Å². The van der Waals surface area contributed by atoms with Crippen molar-refractivity contribution in [3.63, 3.8) is 0 Å². The monoisotopic (exact) mass is 281 g/mol. The second kappa shape index (κ2) is 7.39. The first kappa shape index (κ1) is 14.3. The van der Waals surface area contributed by atoms with Crippen molar-refractivity contribution in [3.8, 4) is 0 Å². The van der Waals surface area contributed by atoms with Crippen LogP contribution < -0.4 is 5.32 Å². The molecule has 0 radical (unpaired) electrons. The maximum Gasteiger partial charge on any atom is 0.0576 e. The van der Waals surface area contributed by atoms with Crippen molar-refractivity contribution in [2.24, 2.45) is 5.92 Å². The first-order valence-electron chi connectivity index (χ1n) is 7.84. The number of hydrogen-bond donors (Lipinski definition) is 1. The molecule has 0 saturated carbocycles. The van der Waals surface area contributed by atoms with Gasteiger partial charge < -0.3 is 10.1 Å². The van der Waals surface area contributed by atoms with Gasteiger partial charge in [0.05, 0.1) is 6.04 Å². The SMILES string of the molecule is c1ccc(C(NCC2CCOCC2)c2ccccc2)cc1. The zero-order valence-corrected chi connectivity index (χ0v) is 12.4. The van der Waals surface area contributed by atoms with Crippen LogP contribution in [-0.4, -0.2) is 19.8 Å². The van der Waals surface area contributed by atoms with Crippen LogP contribution in [0.15, 0.2) is 60.7 Å². The molecular formula is C19H23NO. The highest BCUT2D eigenvalue weighted by molar-refractivity contribution is 5.31. The zero-order valence-electron chi connectivity index (χ0n) is 12.4. The van der Waals surface area contributed by atoms with E-state index in [1.807, 2.05) is 0 Å². The summed E-state index contributed by atoms with van der Waals surface area (Å²) < 4.78 is 5.45. The number of hydrogen-bond acceptors (Lipinski definition) is 2. The molecule has 0 amide bonds. The predicted octanol–water partition coefficient (Wildman–Crippen LogP) is 3.79. The van der Waals surface area contributed by atoms with Gasteiger partial charge in [-0.3, -0.25) is 0 Å². The smallest absolute Gasteiger partial charge is 0.0576 e. The van der Waals surface area contributed by atoms with Gasteiger partial charge >= 0.3 is 0 Å². The molecule has 21 heavy (non-hydrogen) atoms. The van der Waals surface area contributed by atoms with Crippen LogP contribution in [0.25, 0.3) is 0 Å². The third kappa shape index (κ3) is 3.93. The summed E-state index contributed by atoms with van der Waals surface area (Å²) in [7, 11) is 0. The summed E-state index contributed by atoms with van der Waals surface area (Å²) >= 11 is 0. The molecule has 0 aromatic heterocycles. The predicted molar refractivity (Wildman–Crippen MR) is 86.3 cm³/mol. The highest BCUT2D eigenvalue weighted by Crippen LogP contribution is 2.23. The molecule has 110 valence electrons. The van der Waals surface area contributed by atoms with Crippen molar-refractivity contribution in [1.29, 1.82) is 0 Å². The molecule has 1 saturated heterocycles. The Balaban J connectivity index is 1.73. The Hall–Kier alpha value is -1.64. The second-order valence-electron chi connectivity index (χ2n) is 5.72. The van der Waals surface area contributed by atoms with Gasteiger partial charge in [-0.25, -0.2) is 0 Å². The Kier molecular flexibility index (Phi) is 5.03. The van der Waals surface area contributed by atoms with E-state index >= 15 is 0 Å². The van der Waals surface area contributed by atoms with E-state index in [2.05, 4.69) is 66.0 Å². The van der Waals surface area contributed by atoms with Crippen LogP contribution in [0.1, 0.15) is 30.0 Å². The van der Waals surface area contributed by atoms with E-state index in [0.717, 1.165) is 25.7 Å². The number of benzene rings is 2. The summed E-state index contributed by atoms with van der Waals surface area (Å²) in [6, 6.07) is 21.7. The van der Waals surface area contributed by atoms with E-state index in [1.165, 1.54) is 24.0 Å². The van der Waals surface area contributed by atoms with Gasteiger partial charge in [0, 0.05) is 13.2 Å². The number of ether oxygens (including phenoxy) is 1. The summed E-state index contributed by atoms with van der Waals surface area (Å²) in [6.07, 6.45) is 2.34. The molecule has 2 aromatic rings. The molecule has 0 atom stereocenters. The third-order valence-electron chi connectivity index (χ3n) is 4.22. The molecule has 0 unspecified atom stereocenters. The highest BCUT2D eigenvalue weighted by Gasteiger charge is 2.18. The minimum atomic E-state index is 0.273. The molecule has 2 aromatic carbocycles. The lowest BCUT2D eigenvalue weighted by atomic mass is 9.96. The molecule has 0 aliphatic carbocycles. The molecule has 2 nitrogen and oxygen atoms in total. The minimum Gasteiger partial charge on any atom is -0.381 e. The molecule has 1 aliphatic heterocycles. The Morgan fingerprint density at radius 3 is 1.90 bits per heavy atom. The Morgan fingerprint density at radius 1 is 0.857 bits per heavy atom. The van der Waals surface area contributed by atoms with Gasteiger partial charge in [0.1, 0.15) is 0 Å². The molecule has 1 heterocycles. The fraction of sp³-hybridized carbons (Fsp3) is 0.368. The van der Waals surface area contributed by atoms with Gasteiger partial charge in [-0.1, -0.05) is 60.7 Å². The van der Waals surface area contributed by atoms with Gasteiger partial charge in [-0.05, 0) is 36.4 Å². The van der Waals surface area contributed by atoms with Gasteiger partial charge in [-0.2, -0.15) is 0 Å². The number of nitrogens with one attached hydrogen (secondary N) is 1. The number of rotatable bonds is 5. The van der Waals surface area contributed by atoms with Crippen LogP contribution in [0.3, 0.4) is 0 Å². The first-order valence-corrected chi connectivity index (χ1v) is 7.84. The fourth-order valence-electron chi connectivity index (χ4n) is 2.95. The summed E-state index contributed by atoms with van der Waals surface area (Å²) in [4.78, 5) is 0. The Labute approximate surface area is 127 Å². The molecule has 1 fully saturated rings. The summed E-state index contributed by atoms with van der Waals surface area (Å²) in [6.45, 7) is 2.87. The van der Waals surface area contributed by atoms with Crippen LogP contribution in [0.4, 0.5) is 0 Å². The normalized spacial score (nSPS) is 16.2. The fourth-order valence-corrected chi connectivity index (χ4v) is 2.95. The van der Waals surface area contributed by atoms with Gasteiger partial charge in [0.25, 0.3) is 0 Å². The van der Waals surface area contributed by atoms with Crippen LogP contribution in [0, 0.1) is 5.92 Å². The largest absolute Gasteiger partial charge is 0.381 e. The molecule has 3 rings (SSSR count). The lowest BCUT2D eigenvalue weighted by molar-refractivity contribution is 0.0658. The molecule has 1 N–H and O–H groups in total. The lowest BCUT2D eigenvalue weighted by Crippen LogP contribution is -2.31. The van der Waals surface area contributed by atoms with E-state index in [1.54, 1.807) is 0 Å². The van der Waals surface area contributed by atoms with E-state index in [-0.39, 0.29) is 6.04 Å². The summed E-state index contributed by atoms with van der Waals surface area (Å²) in [5, 5.41) is 3.77. The van der Waals surface area contributed by atoms with Gasteiger partial charge in [0.15, 0.2) is 0 Å². The Morgan fingerprint density at radius 2 is 1.38 bits per heavy atom. The van der Waals surface area contributed by atoms with Crippen molar-refractivity contribution in [2.45, 2.75) is 18.9 Å². The molecular weight excluding hydrogens is 258 g/mol. The van der Waals surface area contributed by atoms with Crippen LogP contribution >= 0.6 is 0 Å². The quantitative estimate of drug-likeness (QED) is 0.900. The van der Waals surface area contributed by atoms with Crippen LogP contribution in [0.5, 0.6) is 0 Å². The van der Waals surface area contributed by atoms with Crippen LogP contribution in [0.2, 0.25) is 0 Å². The zero-order chi connectivity index (χ0) is 14.3. The molecule has 0 bridgehead atoms. The van der Waals surface area contributed by atoms with Crippen molar-refractivity contribution in [3.05, 3.63) is 71.8 Å². The Bertz CT molecular complexity index is 480. The molecule has 2 heteroatoms. The van der Waals surface area contributed by atoms with Crippen molar-refractivity contribution >= 4 is 0 Å². The molecule has 0 spiro atoms. The summed E-state index contributed by atoms with van der Waals surface area (Å²) in [5.74, 6) is 0.730. The maximum atomic E-state index is 5.45. The standard InChI is InChI=1S/C19H23NO/c1-3-7-17(8-4-1)19(18-9-5-2-6-10-18)20-15-16-11-13-21-14-12-16/h1-10,16,19-20H,11-15H2. The van der Waals surface area contributed by atoms with E-state index in [9.17, 15) is 0 Å². The molecule has 1 aliphatic rings. The first-order chi connectivity index (χ1) is 10.4. The average Bonchev–Trinajstić information content (AvgIpc) is 2.58. The van der Waals surface area contributed by atoms with Crippen molar-refractivity contribution < 1.29 is 4.74 Å². The second-order valence-corrected chi connectivity index (χ2v) is 5.72. The lowest BCUT2D eigenvalue weighted by Gasteiger charge is -2.26. The van der Waals surface area contributed by atoms with Crippen LogP contribution in [-0.2, 0) is 4.74 Å². The van der Waals surface area contributed by atoms with Crippen molar-refractivity contribution in [2.75, 3.05) is 19.8 Å². The van der Waals surface area contributed by atoms with Gasteiger partial charge in [0.2, 0.25) is 0 Å². The minimum absolute atomic E-state index is 0.273. The highest BCUT2D eigenvalue weighted by atomic mass is 16.5. The third-order valence-corrected chi connectivity index (χ3v) is 4.22. The van der Waals surface area contributed by atoms with E-state index < -0.39 is 0 Å². The maximum absolute atomic E-state index is 5.45.